The van der Waals surface area contributed by atoms with E-state index in [1.807, 2.05) is 41.8 Å². The van der Waals surface area contributed by atoms with Gasteiger partial charge in [-0.15, -0.1) is 16.8 Å². The molecule has 0 atom stereocenters. The van der Waals surface area contributed by atoms with Crippen molar-refractivity contribution >= 4 is 39.4 Å². The molecule has 0 saturated heterocycles. The number of amides is 1. The first kappa shape index (κ1) is 21.1. The molecule has 150 valence electrons. The molecule has 1 N–H and O–H groups in total. The number of aryl methyl sites for hydroxylation is 1. The van der Waals surface area contributed by atoms with E-state index >= 15 is 0 Å². The van der Waals surface area contributed by atoms with E-state index in [0.29, 0.717) is 23.3 Å². The third-order valence-corrected chi connectivity index (χ3v) is 5.32. The number of halogens is 1. The number of hydrogen-bond acceptors (Lipinski definition) is 6. The monoisotopic (exact) mass is 473 g/mol. The van der Waals surface area contributed by atoms with Crippen LogP contribution < -0.4 is 10.1 Å². The van der Waals surface area contributed by atoms with Crippen molar-refractivity contribution in [3.05, 3.63) is 71.1 Å². The minimum atomic E-state index is -0.171. The maximum atomic E-state index is 12.2. The van der Waals surface area contributed by atoms with Crippen LogP contribution in [0.5, 0.6) is 5.75 Å². The van der Waals surface area contributed by atoms with E-state index in [2.05, 4.69) is 43.0 Å². The Labute approximate surface area is 181 Å². The zero-order chi connectivity index (χ0) is 20.6. The van der Waals surface area contributed by atoms with E-state index < -0.39 is 0 Å². The Morgan fingerprint density at radius 2 is 2.14 bits per heavy atom. The number of aromatic nitrogens is 4. The molecule has 0 spiro atoms. The number of hydrogen-bond donors (Lipinski definition) is 1. The lowest BCUT2D eigenvalue weighted by Gasteiger charge is -2.10. The summed E-state index contributed by atoms with van der Waals surface area (Å²) in [5.41, 5.74) is 1.05. The largest absolute Gasteiger partial charge is 0.485 e. The van der Waals surface area contributed by atoms with E-state index in [-0.39, 0.29) is 18.3 Å². The molecule has 7 nitrogen and oxygen atoms in total. The molecule has 2 heterocycles. The lowest BCUT2D eigenvalue weighted by Crippen LogP contribution is -2.15. The van der Waals surface area contributed by atoms with Crippen molar-refractivity contribution in [1.29, 1.82) is 0 Å². The fourth-order valence-electron chi connectivity index (χ4n) is 2.46. The number of thioether (sulfide) groups is 1. The van der Waals surface area contributed by atoms with Gasteiger partial charge in [0.25, 0.3) is 0 Å². The molecule has 29 heavy (non-hydrogen) atoms. The Balaban J connectivity index is 1.61. The second-order valence-corrected chi connectivity index (χ2v) is 7.91. The van der Waals surface area contributed by atoms with Crippen LogP contribution in [0.15, 0.2) is 64.9 Å². The van der Waals surface area contributed by atoms with Crippen molar-refractivity contribution in [1.82, 2.24) is 19.7 Å². The maximum absolute atomic E-state index is 12.2. The highest BCUT2D eigenvalue weighted by molar-refractivity contribution is 9.10. The van der Waals surface area contributed by atoms with Crippen molar-refractivity contribution in [2.24, 2.45) is 0 Å². The van der Waals surface area contributed by atoms with Crippen LogP contribution in [0.25, 0.3) is 0 Å². The first-order valence-electron chi connectivity index (χ1n) is 8.82. The lowest BCUT2D eigenvalue weighted by atomic mass is 10.2. The highest BCUT2D eigenvalue weighted by Gasteiger charge is 2.14. The predicted molar refractivity (Wildman–Crippen MR) is 117 cm³/mol. The van der Waals surface area contributed by atoms with Gasteiger partial charge in [0.05, 0.1) is 5.75 Å². The molecule has 1 aromatic carbocycles. The predicted octanol–water partition coefficient (Wildman–Crippen LogP) is 4.24. The maximum Gasteiger partial charge on any atom is 0.236 e. The van der Waals surface area contributed by atoms with Crippen LogP contribution in [0, 0.1) is 6.92 Å². The average Bonchev–Trinajstić information content (AvgIpc) is 3.09. The third-order valence-electron chi connectivity index (χ3n) is 3.88. The number of benzene rings is 1. The number of pyridine rings is 1. The minimum Gasteiger partial charge on any atom is -0.485 e. The van der Waals surface area contributed by atoms with Crippen LogP contribution in [0.3, 0.4) is 0 Å². The molecule has 9 heteroatoms. The first-order chi connectivity index (χ1) is 14.1. The Morgan fingerprint density at radius 1 is 1.31 bits per heavy atom. The Bertz CT molecular complexity index is 991. The van der Waals surface area contributed by atoms with Gasteiger partial charge in [-0.1, -0.05) is 36.0 Å². The molecule has 0 aliphatic heterocycles. The minimum absolute atomic E-state index is 0.171. The normalized spacial score (nSPS) is 10.6. The van der Waals surface area contributed by atoms with Gasteiger partial charge >= 0.3 is 0 Å². The number of rotatable bonds is 9. The van der Waals surface area contributed by atoms with Crippen molar-refractivity contribution in [3.8, 4) is 5.75 Å². The number of carbonyl (C=O) groups excluding carboxylic acids is 1. The van der Waals surface area contributed by atoms with Crippen LogP contribution >= 0.6 is 27.7 Å². The Hall–Kier alpha value is -2.65. The summed E-state index contributed by atoms with van der Waals surface area (Å²) in [4.78, 5) is 16.3. The van der Waals surface area contributed by atoms with E-state index in [1.54, 1.807) is 18.3 Å². The highest BCUT2D eigenvalue weighted by atomic mass is 79.9. The Morgan fingerprint density at radius 3 is 2.86 bits per heavy atom. The number of allylic oxidation sites excluding steroid dienone is 1. The van der Waals surface area contributed by atoms with Gasteiger partial charge in [-0.3, -0.25) is 9.36 Å². The molecule has 0 fully saturated rings. The number of para-hydroxylation sites is 1. The third kappa shape index (κ3) is 5.91. The van der Waals surface area contributed by atoms with E-state index in [0.717, 1.165) is 15.8 Å². The van der Waals surface area contributed by atoms with Crippen LogP contribution in [0.1, 0.15) is 11.4 Å². The fourth-order valence-corrected chi connectivity index (χ4v) is 3.47. The highest BCUT2D eigenvalue weighted by Crippen LogP contribution is 2.21. The number of nitrogens with zero attached hydrogens (tertiary/aromatic N) is 4. The summed E-state index contributed by atoms with van der Waals surface area (Å²) in [6, 6.07) is 11.3. The van der Waals surface area contributed by atoms with Gasteiger partial charge in [0.15, 0.2) is 11.0 Å². The molecule has 3 aromatic rings. The number of anilines is 1. The van der Waals surface area contributed by atoms with Crippen molar-refractivity contribution in [3.63, 3.8) is 0 Å². The molecular formula is C20H20BrN5O2S. The standard InChI is InChI=1S/C20H20BrN5O2S/c1-3-10-26-18(12-28-16-7-5-4-6-14(16)2)24-25-20(26)29-13-19(27)23-17-9-8-15(21)11-22-17/h3-9,11H,1,10,12-13H2,2H3,(H,22,23,27). The van der Waals surface area contributed by atoms with Gasteiger partial charge in [0, 0.05) is 17.2 Å². The van der Waals surface area contributed by atoms with Crippen molar-refractivity contribution in [2.75, 3.05) is 11.1 Å². The van der Waals surface area contributed by atoms with E-state index in [4.69, 9.17) is 4.74 Å². The molecular weight excluding hydrogens is 454 g/mol. The SMILES string of the molecule is C=CCn1c(COc2ccccc2C)nnc1SCC(=O)Nc1ccc(Br)cn1. The first-order valence-corrected chi connectivity index (χ1v) is 10.6. The van der Waals surface area contributed by atoms with Crippen molar-refractivity contribution < 1.29 is 9.53 Å². The van der Waals surface area contributed by atoms with Gasteiger partial charge in [0.2, 0.25) is 5.91 Å². The zero-order valence-corrected chi connectivity index (χ0v) is 18.2. The molecule has 3 rings (SSSR count). The number of ether oxygens (including phenoxy) is 1. The fraction of sp³-hybridized carbons (Fsp3) is 0.200. The number of carbonyl (C=O) groups is 1. The molecule has 0 saturated carbocycles. The summed E-state index contributed by atoms with van der Waals surface area (Å²) in [5.74, 6) is 1.99. The number of nitrogens with one attached hydrogen (secondary N) is 1. The average molecular weight is 474 g/mol. The zero-order valence-electron chi connectivity index (χ0n) is 15.8. The molecule has 0 radical (unpaired) electrons. The molecule has 0 aliphatic rings. The van der Waals surface area contributed by atoms with E-state index in [9.17, 15) is 4.79 Å². The summed E-state index contributed by atoms with van der Waals surface area (Å²) in [7, 11) is 0. The van der Waals surface area contributed by atoms with Gasteiger partial charge in [-0.05, 0) is 46.6 Å². The summed E-state index contributed by atoms with van der Waals surface area (Å²) in [6.07, 6.45) is 3.39. The second-order valence-electron chi connectivity index (χ2n) is 6.05. The van der Waals surface area contributed by atoms with Crippen LogP contribution in [-0.2, 0) is 17.9 Å². The van der Waals surface area contributed by atoms with Crippen LogP contribution in [-0.4, -0.2) is 31.4 Å². The molecule has 2 aromatic heterocycles. The van der Waals surface area contributed by atoms with E-state index in [1.165, 1.54) is 11.8 Å². The van der Waals surface area contributed by atoms with Gasteiger partial charge in [0.1, 0.15) is 18.2 Å². The summed E-state index contributed by atoms with van der Waals surface area (Å²) in [5, 5.41) is 11.8. The topological polar surface area (TPSA) is 81.9 Å². The summed E-state index contributed by atoms with van der Waals surface area (Å²) < 4.78 is 8.62. The van der Waals surface area contributed by atoms with Gasteiger partial charge < -0.3 is 10.1 Å². The quantitative estimate of drug-likeness (QED) is 0.369. The smallest absolute Gasteiger partial charge is 0.236 e. The molecule has 0 aliphatic carbocycles. The molecule has 0 bridgehead atoms. The van der Waals surface area contributed by atoms with Gasteiger partial charge in [-0.25, -0.2) is 4.98 Å². The summed E-state index contributed by atoms with van der Waals surface area (Å²) >= 11 is 4.61. The van der Waals surface area contributed by atoms with Crippen LogP contribution in [0.2, 0.25) is 0 Å². The lowest BCUT2D eigenvalue weighted by molar-refractivity contribution is -0.113. The summed E-state index contributed by atoms with van der Waals surface area (Å²) in [6.45, 7) is 6.59. The van der Waals surface area contributed by atoms with Crippen molar-refractivity contribution in [2.45, 2.75) is 25.2 Å². The van der Waals surface area contributed by atoms with Crippen LogP contribution in [0.4, 0.5) is 5.82 Å². The van der Waals surface area contributed by atoms with Gasteiger partial charge in [-0.2, -0.15) is 0 Å². The Kier molecular flexibility index (Phi) is 7.42. The molecule has 1 amide bonds. The second kappa shape index (κ2) is 10.2. The molecule has 0 unspecified atom stereocenters.